The van der Waals surface area contributed by atoms with E-state index in [4.69, 9.17) is 4.74 Å². The lowest BCUT2D eigenvalue weighted by atomic mass is 10.2. The van der Waals surface area contributed by atoms with Crippen LogP contribution in [0.3, 0.4) is 0 Å². The highest BCUT2D eigenvalue weighted by atomic mass is 16.5. The molecule has 0 aromatic carbocycles. The van der Waals surface area contributed by atoms with Crippen molar-refractivity contribution in [3.05, 3.63) is 30.6 Å². The normalized spacial score (nSPS) is 9.92. The van der Waals surface area contributed by atoms with Gasteiger partial charge in [0.15, 0.2) is 0 Å². The predicted molar refractivity (Wildman–Crippen MR) is 48.4 cm³/mol. The third-order valence-electron chi connectivity index (χ3n) is 1.76. The first kappa shape index (κ1) is 7.79. The number of rotatable bonds is 2. The maximum Gasteiger partial charge on any atom is 0.213 e. The second-order valence-corrected chi connectivity index (χ2v) is 2.56. The molecule has 2 rings (SSSR count). The molecular weight excluding hydrogens is 166 g/mol. The molecule has 4 heteroatoms. The first-order valence-electron chi connectivity index (χ1n) is 3.90. The molecule has 0 aliphatic rings. The van der Waals surface area contributed by atoms with Crippen molar-refractivity contribution in [3.63, 3.8) is 0 Å². The minimum Gasteiger partial charge on any atom is -0.481 e. The van der Waals surface area contributed by atoms with Crippen LogP contribution in [-0.4, -0.2) is 22.3 Å². The first-order chi connectivity index (χ1) is 6.40. The van der Waals surface area contributed by atoms with Crippen LogP contribution >= 0.6 is 0 Å². The van der Waals surface area contributed by atoms with Crippen LogP contribution in [0.4, 0.5) is 0 Å². The van der Waals surface area contributed by atoms with Gasteiger partial charge in [0.05, 0.1) is 12.8 Å². The number of methoxy groups -OCH3 is 1. The van der Waals surface area contributed by atoms with E-state index < -0.39 is 0 Å². The molecule has 0 bridgehead atoms. The summed E-state index contributed by atoms with van der Waals surface area (Å²) in [5.41, 5.74) is 1.98. The number of aromatic amines is 1. The van der Waals surface area contributed by atoms with Gasteiger partial charge in [-0.1, -0.05) is 0 Å². The number of nitrogens with zero attached hydrogens (tertiary/aromatic N) is 2. The molecule has 4 nitrogen and oxygen atoms in total. The molecule has 0 aliphatic carbocycles. The van der Waals surface area contributed by atoms with Crippen LogP contribution in [-0.2, 0) is 0 Å². The zero-order chi connectivity index (χ0) is 9.10. The Morgan fingerprint density at radius 1 is 1.31 bits per heavy atom. The zero-order valence-corrected chi connectivity index (χ0v) is 7.19. The lowest BCUT2D eigenvalue weighted by molar-refractivity contribution is 0.398. The van der Waals surface area contributed by atoms with E-state index in [1.165, 1.54) is 0 Å². The lowest BCUT2D eigenvalue weighted by Crippen LogP contribution is -1.87. The van der Waals surface area contributed by atoms with Crippen molar-refractivity contribution >= 4 is 0 Å². The molecular formula is C9H9N3O. The van der Waals surface area contributed by atoms with Gasteiger partial charge in [-0.15, -0.1) is 0 Å². The molecule has 0 amide bonds. The Kier molecular flexibility index (Phi) is 1.96. The number of ether oxygens (including phenoxy) is 1. The van der Waals surface area contributed by atoms with Crippen LogP contribution in [0.2, 0.25) is 0 Å². The van der Waals surface area contributed by atoms with Crippen LogP contribution in [0.15, 0.2) is 30.6 Å². The highest BCUT2D eigenvalue weighted by molar-refractivity contribution is 5.58. The van der Waals surface area contributed by atoms with E-state index in [1.54, 1.807) is 19.5 Å². The van der Waals surface area contributed by atoms with Crippen molar-refractivity contribution in [1.29, 1.82) is 0 Å². The molecule has 0 saturated carbocycles. The first-order valence-corrected chi connectivity index (χ1v) is 3.90. The molecule has 2 aromatic heterocycles. The smallest absolute Gasteiger partial charge is 0.213 e. The fourth-order valence-electron chi connectivity index (χ4n) is 1.11. The summed E-state index contributed by atoms with van der Waals surface area (Å²) in [5.74, 6) is 0.604. The fraction of sp³-hybridized carbons (Fsp3) is 0.111. The molecule has 2 heterocycles. The molecule has 0 fully saturated rings. The number of hydrogen-bond acceptors (Lipinski definition) is 3. The predicted octanol–water partition coefficient (Wildman–Crippen LogP) is 1.48. The molecule has 0 spiro atoms. The quantitative estimate of drug-likeness (QED) is 0.752. The molecule has 0 atom stereocenters. The molecule has 2 aromatic rings. The standard InChI is InChI=1S/C9H9N3O/c1-13-9-6-7(2-4-10-9)8-3-5-11-12-8/h2-6H,1H3,(H,11,12). The van der Waals surface area contributed by atoms with Gasteiger partial charge in [0.2, 0.25) is 5.88 Å². The van der Waals surface area contributed by atoms with Crippen molar-refractivity contribution in [1.82, 2.24) is 15.2 Å². The van der Waals surface area contributed by atoms with Crippen LogP contribution in [0.25, 0.3) is 11.3 Å². The highest BCUT2D eigenvalue weighted by Crippen LogP contribution is 2.18. The summed E-state index contributed by atoms with van der Waals surface area (Å²) in [6.07, 6.45) is 3.41. The molecule has 1 N–H and O–H groups in total. The number of pyridine rings is 1. The van der Waals surface area contributed by atoms with E-state index in [9.17, 15) is 0 Å². The Hall–Kier alpha value is -1.84. The molecule has 0 aliphatic heterocycles. The molecule has 0 unspecified atom stereocenters. The van der Waals surface area contributed by atoms with Gasteiger partial charge in [-0.05, 0) is 12.1 Å². The Balaban J connectivity index is 2.41. The van der Waals surface area contributed by atoms with Gasteiger partial charge >= 0.3 is 0 Å². The monoisotopic (exact) mass is 175 g/mol. The van der Waals surface area contributed by atoms with E-state index in [2.05, 4.69) is 15.2 Å². The van der Waals surface area contributed by atoms with E-state index in [0.717, 1.165) is 11.3 Å². The van der Waals surface area contributed by atoms with E-state index in [0.29, 0.717) is 5.88 Å². The summed E-state index contributed by atoms with van der Waals surface area (Å²) in [6, 6.07) is 5.65. The van der Waals surface area contributed by atoms with Gasteiger partial charge < -0.3 is 4.74 Å². The maximum absolute atomic E-state index is 5.01. The van der Waals surface area contributed by atoms with Gasteiger partial charge in [0.1, 0.15) is 0 Å². The van der Waals surface area contributed by atoms with Gasteiger partial charge in [0.25, 0.3) is 0 Å². The van der Waals surface area contributed by atoms with Crippen molar-refractivity contribution in [2.24, 2.45) is 0 Å². The van der Waals surface area contributed by atoms with Gasteiger partial charge in [0, 0.05) is 24.0 Å². The minimum atomic E-state index is 0.604. The molecule has 0 saturated heterocycles. The second-order valence-electron chi connectivity index (χ2n) is 2.56. The number of aromatic nitrogens is 3. The number of hydrogen-bond donors (Lipinski definition) is 1. The van der Waals surface area contributed by atoms with Gasteiger partial charge in [-0.25, -0.2) is 4.98 Å². The zero-order valence-electron chi connectivity index (χ0n) is 7.19. The summed E-state index contributed by atoms with van der Waals surface area (Å²) in [4.78, 5) is 4.01. The highest BCUT2D eigenvalue weighted by Gasteiger charge is 2.00. The van der Waals surface area contributed by atoms with Crippen LogP contribution < -0.4 is 4.74 Å². The fourth-order valence-corrected chi connectivity index (χ4v) is 1.11. The molecule has 13 heavy (non-hydrogen) atoms. The van der Waals surface area contributed by atoms with Crippen molar-refractivity contribution in [2.75, 3.05) is 7.11 Å². The van der Waals surface area contributed by atoms with Gasteiger partial charge in [-0.3, -0.25) is 5.10 Å². The SMILES string of the molecule is COc1cc(-c2ccn[nH]2)ccn1. The van der Waals surface area contributed by atoms with E-state index in [1.807, 2.05) is 18.2 Å². The molecule has 0 radical (unpaired) electrons. The van der Waals surface area contributed by atoms with Crippen molar-refractivity contribution in [2.45, 2.75) is 0 Å². The number of H-pyrrole nitrogens is 1. The summed E-state index contributed by atoms with van der Waals surface area (Å²) in [7, 11) is 1.60. The van der Waals surface area contributed by atoms with Crippen molar-refractivity contribution in [3.8, 4) is 17.1 Å². The van der Waals surface area contributed by atoms with Gasteiger partial charge in [-0.2, -0.15) is 5.10 Å². The van der Waals surface area contributed by atoms with Crippen molar-refractivity contribution < 1.29 is 4.74 Å². The Bertz CT molecular complexity index is 384. The Morgan fingerprint density at radius 3 is 2.92 bits per heavy atom. The lowest BCUT2D eigenvalue weighted by Gasteiger charge is -2.00. The summed E-state index contributed by atoms with van der Waals surface area (Å²) in [6.45, 7) is 0. The topological polar surface area (TPSA) is 50.8 Å². The summed E-state index contributed by atoms with van der Waals surface area (Å²) >= 11 is 0. The minimum absolute atomic E-state index is 0.604. The van der Waals surface area contributed by atoms with E-state index in [-0.39, 0.29) is 0 Å². The summed E-state index contributed by atoms with van der Waals surface area (Å²) < 4.78 is 5.01. The second kappa shape index (κ2) is 3.26. The molecule has 66 valence electrons. The average molecular weight is 175 g/mol. The Morgan fingerprint density at radius 2 is 2.23 bits per heavy atom. The van der Waals surface area contributed by atoms with E-state index >= 15 is 0 Å². The van der Waals surface area contributed by atoms with Crippen LogP contribution in [0, 0.1) is 0 Å². The van der Waals surface area contributed by atoms with Crippen LogP contribution in [0.1, 0.15) is 0 Å². The Labute approximate surface area is 75.6 Å². The maximum atomic E-state index is 5.01. The third kappa shape index (κ3) is 1.51. The average Bonchev–Trinajstić information content (AvgIpc) is 2.71. The van der Waals surface area contributed by atoms with Crippen LogP contribution in [0.5, 0.6) is 5.88 Å². The third-order valence-corrected chi connectivity index (χ3v) is 1.76. The summed E-state index contributed by atoms with van der Waals surface area (Å²) in [5, 5.41) is 6.74. The number of nitrogens with one attached hydrogen (secondary N) is 1. The largest absolute Gasteiger partial charge is 0.481 e.